The Morgan fingerprint density at radius 2 is 1.88 bits per heavy atom. The minimum absolute atomic E-state index is 0.116. The molecule has 0 spiro atoms. The van der Waals surface area contributed by atoms with Gasteiger partial charge in [-0.15, -0.1) is 0 Å². The number of amides is 1. The number of rotatable bonds is 3. The summed E-state index contributed by atoms with van der Waals surface area (Å²) < 4.78 is 40.8. The van der Waals surface area contributed by atoms with E-state index in [0.717, 1.165) is 18.3 Å². The van der Waals surface area contributed by atoms with Crippen LogP contribution in [-0.2, 0) is 10.9 Å². The molecular weight excluding hydrogens is 339 g/mol. The largest absolute Gasteiger partial charge is 0.465 e. The van der Waals surface area contributed by atoms with Gasteiger partial charge in [-0.3, -0.25) is 14.8 Å². The summed E-state index contributed by atoms with van der Waals surface area (Å²) in [5.74, 6) is -0.785. The minimum Gasteiger partial charge on any atom is -0.465 e. The number of alkyl halides is 3. The number of aromatic nitrogens is 2. The Hall–Kier alpha value is -2.97. The van der Waals surface area contributed by atoms with Crippen molar-refractivity contribution in [3.63, 3.8) is 0 Å². The van der Waals surface area contributed by atoms with Crippen LogP contribution in [-0.4, -0.2) is 35.5 Å². The maximum absolute atomic E-state index is 12.1. The zero-order chi connectivity index (χ0) is 18.9. The standard InChI is InChI=1S/C9H9F3N2O.C7H7NO2/c1-2-13-8(15)6-3-4-7(14-5-6)9(10,11)12;1-10-7(9)6-3-2-4-8-5-6/h3-5H,2H2,1H3,(H,13,15);2-5H,1H3. The molecule has 2 heterocycles. The smallest absolute Gasteiger partial charge is 0.433 e. The molecule has 0 unspecified atom stereocenters. The molecule has 2 aromatic rings. The molecule has 0 saturated carbocycles. The number of carbonyl (C=O) groups is 2. The molecule has 0 atom stereocenters. The van der Waals surface area contributed by atoms with Crippen molar-refractivity contribution >= 4 is 11.9 Å². The molecule has 9 heteroatoms. The Kier molecular flexibility index (Phi) is 7.51. The molecule has 0 bridgehead atoms. The van der Waals surface area contributed by atoms with E-state index >= 15 is 0 Å². The van der Waals surface area contributed by atoms with Gasteiger partial charge < -0.3 is 10.1 Å². The van der Waals surface area contributed by atoms with E-state index in [0.29, 0.717) is 12.1 Å². The van der Waals surface area contributed by atoms with Gasteiger partial charge in [0.15, 0.2) is 0 Å². The lowest BCUT2D eigenvalue weighted by molar-refractivity contribution is -0.141. The fourth-order valence-corrected chi connectivity index (χ4v) is 1.56. The van der Waals surface area contributed by atoms with Crippen molar-refractivity contribution in [2.24, 2.45) is 0 Å². The molecule has 1 N–H and O–H groups in total. The van der Waals surface area contributed by atoms with Crippen molar-refractivity contribution in [1.29, 1.82) is 0 Å². The van der Waals surface area contributed by atoms with E-state index in [4.69, 9.17) is 0 Å². The summed E-state index contributed by atoms with van der Waals surface area (Å²) >= 11 is 0. The number of hydrogen-bond acceptors (Lipinski definition) is 5. The Labute approximate surface area is 142 Å². The molecule has 0 radical (unpaired) electrons. The van der Waals surface area contributed by atoms with Crippen molar-refractivity contribution < 1.29 is 27.5 Å². The number of ether oxygens (including phenoxy) is 1. The third-order valence-electron chi connectivity index (χ3n) is 2.74. The lowest BCUT2D eigenvalue weighted by Gasteiger charge is -2.06. The maximum Gasteiger partial charge on any atom is 0.433 e. The zero-order valence-corrected chi connectivity index (χ0v) is 13.5. The molecular formula is C16H16F3N3O3. The lowest BCUT2D eigenvalue weighted by atomic mass is 10.2. The summed E-state index contributed by atoms with van der Waals surface area (Å²) in [6.45, 7) is 2.13. The van der Waals surface area contributed by atoms with Gasteiger partial charge in [-0.25, -0.2) is 4.79 Å². The topological polar surface area (TPSA) is 81.2 Å². The van der Waals surface area contributed by atoms with Gasteiger partial charge in [0.05, 0.1) is 18.2 Å². The number of nitrogens with zero attached hydrogens (tertiary/aromatic N) is 2. The maximum atomic E-state index is 12.1. The van der Waals surface area contributed by atoms with Gasteiger partial charge >= 0.3 is 12.1 Å². The van der Waals surface area contributed by atoms with Crippen LogP contribution in [0.25, 0.3) is 0 Å². The first-order chi connectivity index (χ1) is 11.8. The van der Waals surface area contributed by atoms with E-state index < -0.39 is 17.8 Å². The summed E-state index contributed by atoms with van der Waals surface area (Å²) in [4.78, 5) is 28.8. The first kappa shape index (κ1) is 20.1. The molecule has 2 aromatic heterocycles. The number of carbonyl (C=O) groups excluding carboxylic acids is 2. The molecule has 0 fully saturated rings. The van der Waals surface area contributed by atoms with Gasteiger partial charge in [0.25, 0.3) is 5.91 Å². The molecule has 0 aromatic carbocycles. The Bertz CT molecular complexity index is 689. The van der Waals surface area contributed by atoms with Gasteiger partial charge in [0.1, 0.15) is 5.69 Å². The minimum atomic E-state index is -4.47. The predicted molar refractivity (Wildman–Crippen MR) is 82.8 cm³/mol. The number of esters is 1. The molecule has 0 aliphatic heterocycles. The first-order valence-electron chi connectivity index (χ1n) is 7.09. The fraction of sp³-hybridized carbons (Fsp3) is 0.250. The summed E-state index contributed by atoms with van der Waals surface area (Å²) in [6.07, 6.45) is -0.494. The van der Waals surface area contributed by atoms with E-state index in [2.05, 4.69) is 20.0 Å². The van der Waals surface area contributed by atoms with Crippen LogP contribution in [0.1, 0.15) is 33.3 Å². The highest BCUT2D eigenvalue weighted by atomic mass is 19.4. The van der Waals surface area contributed by atoms with Gasteiger partial charge in [0, 0.05) is 25.1 Å². The first-order valence-corrected chi connectivity index (χ1v) is 7.09. The monoisotopic (exact) mass is 355 g/mol. The van der Waals surface area contributed by atoms with Gasteiger partial charge in [-0.05, 0) is 31.2 Å². The van der Waals surface area contributed by atoms with Crippen LogP contribution in [0, 0.1) is 0 Å². The quantitative estimate of drug-likeness (QED) is 0.856. The highest BCUT2D eigenvalue weighted by molar-refractivity contribution is 5.93. The number of hydrogen-bond donors (Lipinski definition) is 1. The van der Waals surface area contributed by atoms with E-state index in [9.17, 15) is 22.8 Å². The Morgan fingerprint density at radius 1 is 1.16 bits per heavy atom. The number of pyridine rings is 2. The van der Waals surface area contributed by atoms with Crippen LogP contribution in [0.2, 0.25) is 0 Å². The Balaban J connectivity index is 0.000000271. The summed E-state index contributed by atoms with van der Waals surface area (Å²) in [5.41, 5.74) is -0.412. The molecule has 2 rings (SSSR count). The molecule has 6 nitrogen and oxygen atoms in total. The highest BCUT2D eigenvalue weighted by Gasteiger charge is 2.32. The summed E-state index contributed by atoms with van der Waals surface area (Å²) in [7, 11) is 1.34. The number of halogens is 3. The SMILES string of the molecule is CCNC(=O)c1ccc(C(F)(F)F)nc1.COC(=O)c1cccnc1. The normalized spacial score (nSPS) is 10.3. The molecule has 0 saturated heterocycles. The van der Waals surface area contributed by atoms with Gasteiger partial charge in [-0.2, -0.15) is 13.2 Å². The van der Waals surface area contributed by atoms with Crippen molar-refractivity contribution in [3.8, 4) is 0 Å². The van der Waals surface area contributed by atoms with Gasteiger partial charge in [0.2, 0.25) is 0 Å². The van der Waals surface area contributed by atoms with Crippen LogP contribution in [0.5, 0.6) is 0 Å². The van der Waals surface area contributed by atoms with Crippen LogP contribution in [0.4, 0.5) is 13.2 Å². The molecule has 1 amide bonds. The van der Waals surface area contributed by atoms with Crippen molar-refractivity contribution in [1.82, 2.24) is 15.3 Å². The molecule has 25 heavy (non-hydrogen) atoms. The van der Waals surface area contributed by atoms with Crippen molar-refractivity contribution in [3.05, 3.63) is 59.7 Å². The second-order valence-electron chi connectivity index (χ2n) is 4.52. The van der Waals surface area contributed by atoms with Crippen LogP contribution < -0.4 is 5.32 Å². The average molecular weight is 355 g/mol. The number of nitrogens with one attached hydrogen (secondary N) is 1. The lowest BCUT2D eigenvalue weighted by Crippen LogP contribution is -2.23. The molecule has 0 aliphatic carbocycles. The van der Waals surface area contributed by atoms with Crippen molar-refractivity contribution in [2.45, 2.75) is 13.1 Å². The van der Waals surface area contributed by atoms with Gasteiger partial charge in [-0.1, -0.05) is 0 Å². The van der Waals surface area contributed by atoms with E-state index in [-0.39, 0.29) is 11.5 Å². The van der Waals surface area contributed by atoms with Crippen molar-refractivity contribution in [2.75, 3.05) is 13.7 Å². The molecule has 134 valence electrons. The molecule has 0 aliphatic rings. The average Bonchev–Trinajstić information content (AvgIpc) is 2.62. The van der Waals surface area contributed by atoms with Crippen LogP contribution in [0.3, 0.4) is 0 Å². The van der Waals surface area contributed by atoms with Crippen LogP contribution in [0.15, 0.2) is 42.9 Å². The van der Waals surface area contributed by atoms with E-state index in [1.54, 1.807) is 25.3 Å². The zero-order valence-electron chi connectivity index (χ0n) is 13.5. The van der Waals surface area contributed by atoms with E-state index in [1.807, 2.05) is 0 Å². The highest BCUT2D eigenvalue weighted by Crippen LogP contribution is 2.27. The second-order valence-corrected chi connectivity index (χ2v) is 4.52. The van der Waals surface area contributed by atoms with Crippen LogP contribution >= 0.6 is 0 Å². The second kappa shape index (κ2) is 9.36. The Morgan fingerprint density at radius 3 is 2.32 bits per heavy atom. The van der Waals surface area contributed by atoms with E-state index in [1.165, 1.54) is 13.3 Å². The fourth-order valence-electron chi connectivity index (χ4n) is 1.56. The third-order valence-corrected chi connectivity index (χ3v) is 2.74. The third kappa shape index (κ3) is 6.58. The summed E-state index contributed by atoms with van der Waals surface area (Å²) in [5, 5.41) is 2.46. The predicted octanol–water partition coefficient (Wildman–Crippen LogP) is 2.72. The number of methoxy groups -OCH3 is 1. The summed E-state index contributed by atoms with van der Waals surface area (Å²) in [6, 6.07) is 5.22.